The van der Waals surface area contributed by atoms with Crippen molar-refractivity contribution in [2.24, 2.45) is 0 Å². The Morgan fingerprint density at radius 1 is 1.16 bits per heavy atom. The van der Waals surface area contributed by atoms with Crippen LogP contribution in [0.5, 0.6) is 5.75 Å². The van der Waals surface area contributed by atoms with E-state index in [4.69, 9.17) is 4.74 Å². The summed E-state index contributed by atoms with van der Waals surface area (Å²) in [5.41, 5.74) is 2.96. The zero-order valence-electron chi connectivity index (χ0n) is 10.3. The first kappa shape index (κ1) is 11.4. The maximum Gasteiger partial charge on any atom is 0.266 e. The van der Waals surface area contributed by atoms with Gasteiger partial charge in [-0.05, 0) is 29.8 Å². The van der Waals surface area contributed by atoms with Crippen molar-refractivity contribution in [2.45, 2.75) is 0 Å². The summed E-state index contributed by atoms with van der Waals surface area (Å²) in [7, 11) is 1.56. The Balaban J connectivity index is 2.36. The van der Waals surface area contributed by atoms with Crippen LogP contribution in [0, 0.1) is 0 Å². The molecule has 0 spiro atoms. The third-order valence-corrected chi connectivity index (χ3v) is 2.91. The Morgan fingerprint density at radius 3 is 2.68 bits per heavy atom. The first-order chi connectivity index (χ1) is 9.29. The van der Waals surface area contributed by atoms with Gasteiger partial charge in [-0.15, -0.1) is 0 Å². The fourth-order valence-electron chi connectivity index (χ4n) is 2.04. The van der Waals surface area contributed by atoms with E-state index in [-0.39, 0.29) is 5.56 Å². The standard InChI is InChI=1S/C14H11N3O2/c1-19-11-3-2-10(9-4-6-15-7-5-9)13-14(11)17-12(18)8-16-13/h2-8H,1H3,(H,17,18). The summed E-state index contributed by atoms with van der Waals surface area (Å²) >= 11 is 0. The fraction of sp³-hybridized carbons (Fsp3) is 0.0714. The fourth-order valence-corrected chi connectivity index (χ4v) is 2.04. The first-order valence-electron chi connectivity index (χ1n) is 5.76. The Hall–Kier alpha value is -2.69. The number of ether oxygens (including phenoxy) is 1. The zero-order chi connectivity index (χ0) is 13.2. The van der Waals surface area contributed by atoms with Crippen molar-refractivity contribution >= 4 is 11.0 Å². The summed E-state index contributed by atoms with van der Waals surface area (Å²) in [6.45, 7) is 0. The number of pyridine rings is 1. The van der Waals surface area contributed by atoms with Gasteiger partial charge >= 0.3 is 0 Å². The molecule has 1 aromatic carbocycles. The molecular formula is C14H11N3O2. The van der Waals surface area contributed by atoms with E-state index in [1.54, 1.807) is 19.5 Å². The molecule has 0 aliphatic rings. The molecule has 0 saturated heterocycles. The molecule has 0 aliphatic heterocycles. The number of fused-ring (bicyclic) bond motifs is 1. The molecule has 1 N–H and O–H groups in total. The second-order valence-electron chi connectivity index (χ2n) is 4.02. The van der Waals surface area contributed by atoms with Gasteiger partial charge in [0.15, 0.2) is 0 Å². The number of rotatable bonds is 2. The third kappa shape index (κ3) is 1.95. The molecule has 3 aromatic rings. The average Bonchev–Trinajstić information content (AvgIpc) is 2.47. The quantitative estimate of drug-likeness (QED) is 0.758. The van der Waals surface area contributed by atoms with Gasteiger partial charge < -0.3 is 9.72 Å². The van der Waals surface area contributed by atoms with E-state index in [2.05, 4.69) is 15.0 Å². The lowest BCUT2D eigenvalue weighted by Crippen LogP contribution is -2.06. The van der Waals surface area contributed by atoms with Crippen molar-refractivity contribution in [3.8, 4) is 16.9 Å². The Bertz CT molecular complexity index is 782. The second kappa shape index (κ2) is 4.53. The highest BCUT2D eigenvalue weighted by atomic mass is 16.5. The molecule has 0 unspecified atom stereocenters. The minimum Gasteiger partial charge on any atom is -0.494 e. The molecule has 0 radical (unpaired) electrons. The molecule has 94 valence electrons. The Labute approximate surface area is 108 Å². The molecular weight excluding hydrogens is 242 g/mol. The molecule has 0 saturated carbocycles. The maximum atomic E-state index is 11.4. The van der Waals surface area contributed by atoms with Crippen LogP contribution in [0.3, 0.4) is 0 Å². The molecule has 0 amide bonds. The number of H-pyrrole nitrogens is 1. The van der Waals surface area contributed by atoms with Gasteiger partial charge in [0, 0.05) is 18.0 Å². The Kier molecular flexibility index (Phi) is 2.72. The normalized spacial score (nSPS) is 10.6. The van der Waals surface area contributed by atoms with Crippen molar-refractivity contribution in [1.82, 2.24) is 15.0 Å². The second-order valence-corrected chi connectivity index (χ2v) is 4.02. The zero-order valence-corrected chi connectivity index (χ0v) is 10.3. The molecule has 2 aromatic heterocycles. The van der Waals surface area contributed by atoms with Crippen LogP contribution in [0.25, 0.3) is 22.2 Å². The first-order valence-corrected chi connectivity index (χ1v) is 5.76. The maximum absolute atomic E-state index is 11.4. The number of benzene rings is 1. The lowest BCUT2D eigenvalue weighted by molar-refractivity contribution is 0.418. The lowest BCUT2D eigenvalue weighted by atomic mass is 10.0. The number of methoxy groups -OCH3 is 1. The van der Waals surface area contributed by atoms with Gasteiger partial charge in [-0.1, -0.05) is 0 Å². The molecule has 2 heterocycles. The van der Waals surface area contributed by atoms with Gasteiger partial charge in [0.25, 0.3) is 5.56 Å². The van der Waals surface area contributed by atoms with Crippen LogP contribution in [-0.2, 0) is 0 Å². The number of hydrogen-bond donors (Lipinski definition) is 1. The van der Waals surface area contributed by atoms with Gasteiger partial charge in [0.2, 0.25) is 0 Å². The molecule has 0 bridgehead atoms. The van der Waals surface area contributed by atoms with Crippen molar-refractivity contribution in [2.75, 3.05) is 7.11 Å². The minimum atomic E-state index is -0.252. The van der Waals surface area contributed by atoms with Crippen LogP contribution in [-0.4, -0.2) is 22.1 Å². The summed E-state index contributed by atoms with van der Waals surface area (Å²) < 4.78 is 5.25. The van der Waals surface area contributed by atoms with Crippen LogP contribution in [0.4, 0.5) is 0 Å². The number of aromatic nitrogens is 3. The van der Waals surface area contributed by atoms with Gasteiger partial charge in [-0.25, -0.2) is 4.98 Å². The lowest BCUT2D eigenvalue weighted by Gasteiger charge is -2.09. The van der Waals surface area contributed by atoms with Crippen molar-refractivity contribution in [3.05, 3.63) is 53.2 Å². The van der Waals surface area contributed by atoms with E-state index in [1.807, 2.05) is 24.3 Å². The largest absolute Gasteiger partial charge is 0.494 e. The number of hydrogen-bond acceptors (Lipinski definition) is 4. The highest BCUT2D eigenvalue weighted by Crippen LogP contribution is 2.30. The molecule has 3 rings (SSSR count). The van der Waals surface area contributed by atoms with Crippen LogP contribution < -0.4 is 10.3 Å². The van der Waals surface area contributed by atoms with Gasteiger partial charge in [-0.3, -0.25) is 9.78 Å². The molecule has 19 heavy (non-hydrogen) atoms. The average molecular weight is 253 g/mol. The van der Waals surface area contributed by atoms with Crippen molar-refractivity contribution in [1.29, 1.82) is 0 Å². The summed E-state index contributed by atoms with van der Waals surface area (Å²) in [5, 5.41) is 0. The SMILES string of the molecule is COc1ccc(-c2ccncc2)c2ncc(=O)[nH]c12. The van der Waals surface area contributed by atoms with Gasteiger partial charge in [0.05, 0.1) is 18.8 Å². The highest BCUT2D eigenvalue weighted by Gasteiger charge is 2.10. The van der Waals surface area contributed by atoms with Crippen molar-refractivity contribution in [3.63, 3.8) is 0 Å². The van der Waals surface area contributed by atoms with E-state index in [1.165, 1.54) is 6.20 Å². The highest BCUT2D eigenvalue weighted by molar-refractivity contribution is 5.94. The summed E-state index contributed by atoms with van der Waals surface area (Å²) in [5.74, 6) is 0.595. The van der Waals surface area contributed by atoms with E-state index in [9.17, 15) is 4.79 Å². The van der Waals surface area contributed by atoms with E-state index < -0.39 is 0 Å². The third-order valence-electron chi connectivity index (χ3n) is 2.91. The van der Waals surface area contributed by atoms with E-state index in [0.717, 1.165) is 11.1 Å². The summed E-state index contributed by atoms with van der Waals surface area (Å²) in [6.07, 6.45) is 4.71. The van der Waals surface area contributed by atoms with Gasteiger partial charge in [-0.2, -0.15) is 0 Å². The smallest absolute Gasteiger partial charge is 0.266 e. The Morgan fingerprint density at radius 2 is 1.95 bits per heavy atom. The topological polar surface area (TPSA) is 67.9 Å². The van der Waals surface area contributed by atoms with Crippen LogP contribution >= 0.6 is 0 Å². The predicted molar refractivity (Wildman–Crippen MR) is 72.1 cm³/mol. The minimum absolute atomic E-state index is 0.252. The molecule has 0 fully saturated rings. The van der Waals surface area contributed by atoms with Crippen molar-refractivity contribution < 1.29 is 4.74 Å². The molecule has 0 atom stereocenters. The summed E-state index contributed by atoms with van der Waals surface area (Å²) in [4.78, 5) is 22.4. The summed E-state index contributed by atoms with van der Waals surface area (Å²) in [6, 6.07) is 7.53. The predicted octanol–water partition coefficient (Wildman–Crippen LogP) is 1.99. The molecule has 5 heteroatoms. The monoisotopic (exact) mass is 253 g/mol. The number of nitrogens with one attached hydrogen (secondary N) is 1. The van der Waals surface area contributed by atoms with Crippen LogP contribution in [0.1, 0.15) is 0 Å². The van der Waals surface area contributed by atoms with Crippen LogP contribution in [0.2, 0.25) is 0 Å². The number of aromatic amines is 1. The molecule has 0 aliphatic carbocycles. The van der Waals surface area contributed by atoms with E-state index >= 15 is 0 Å². The van der Waals surface area contributed by atoms with E-state index in [0.29, 0.717) is 16.8 Å². The van der Waals surface area contributed by atoms with Gasteiger partial charge in [0.1, 0.15) is 11.3 Å². The van der Waals surface area contributed by atoms with Crippen LogP contribution in [0.15, 0.2) is 47.7 Å². The molecule has 5 nitrogen and oxygen atoms in total. The number of nitrogens with zero attached hydrogens (tertiary/aromatic N) is 2.